The van der Waals surface area contributed by atoms with Gasteiger partial charge in [-0.15, -0.1) is 0 Å². The summed E-state index contributed by atoms with van der Waals surface area (Å²) in [6.07, 6.45) is 6.77. The molecule has 0 unspecified atom stereocenters. The molecule has 6 heteroatoms. The number of nitrogen functional groups attached to an aromatic ring is 1. The van der Waals surface area contributed by atoms with Gasteiger partial charge in [0.1, 0.15) is 4.90 Å². The number of para-hydroxylation sites is 1. The second kappa shape index (κ2) is 8.94. The van der Waals surface area contributed by atoms with Gasteiger partial charge in [0.15, 0.2) is 0 Å². The molecule has 20 heavy (non-hydrogen) atoms. The van der Waals surface area contributed by atoms with E-state index in [1.165, 1.54) is 19.3 Å². The molecular weight excluding hydrogens is 274 g/mol. The molecule has 1 rings (SSSR count). The maximum Gasteiger partial charge on any atom is 0.242 e. The van der Waals surface area contributed by atoms with Gasteiger partial charge in [0.25, 0.3) is 0 Å². The van der Waals surface area contributed by atoms with Crippen LogP contribution >= 0.6 is 0 Å². The molecule has 0 aliphatic rings. The monoisotopic (exact) mass is 299 g/mol. The minimum absolute atomic E-state index is 0.188. The maximum absolute atomic E-state index is 12.1. The van der Waals surface area contributed by atoms with Crippen molar-refractivity contribution in [3.05, 3.63) is 24.3 Å². The molecule has 1 aromatic rings. The van der Waals surface area contributed by atoms with Crippen LogP contribution in [0.15, 0.2) is 29.2 Å². The van der Waals surface area contributed by atoms with Crippen LogP contribution in [0.1, 0.15) is 45.4 Å². The van der Waals surface area contributed by atoms with Crippen LogP contribution in [0, 0.1) is 0 Å². The van der Waals surface area contributed by atoms with Crippen LogP contribution < -0.4 is 16.0 Å². The van der Waals surface area contributed by atoms with Crippen molar-refractivity contribution < 1.29 is 8.42 Å². The van der Waals surface area contributed by atoms with Gasteiger partial charge < -0.3 is 5.43 Å². The minimum Gasteiger partial charge on any atom is -0.323 e. The van der Waals surface area contributed by atoms with Crippen LogP contribution in [-0.4, -0.2) is 15.0 Å². The molecule has 0 atom stereocenters. The highest BCUT2D eigenvalue weighted by atomic mass is 32.2. The Balaban J connectivity index is 2.42. The highest BCUT2D eigenvalue weighted by molar-refractivity contribution is 7.89. The number of hydrogen-bond donors (Lipinski definition) is 3. The van der Waals surface area contributed by atoms with E-state index < -0.39 is 10.0 Å². The zero-order valence-corrected chi connectivity index (χ0v) is 12.9. The lowest BCUT2D eigenvalue weighted by molar-refractivity contribution is 0.568. The SMILES string of the molecule is CCCCCCCCNS(=O)(=O)c1ccccc1NN. The molecule has 0 aliphatic carbocycles. The van der Waals surface area contributed by atoms with E-state index in [0.717, 1.165) is 19.3 Å². The van der Waals surface area contributed by atoms with Crippen molar-refractivity contribution in [2.75, 3.05) is 12.0 Å². The topological polar surface area (TPSA) is 84.2 Å². The third kappa shape index (κ3) is 5.48. The summed E-state index contributed by atoms with van der Waals surface area (Å²) in [6.45, 7) is 2.64. The highest BCUT2D eigenvalue weighted by Crippen LogP contribution is 2.19. The standard InChI is InChI=1S/C14H25N3O2S/c1-2-3-4-5-6-9-12-16-20(18,19)14-11-8-7-10-13(14)17-15/h7-8,10-11,16-17H,2-6,9,12,15H2,1H3. The summed E-state index contributed by atoms with van der Waals surface area (Å²) in [5.74, 6) is 5.33. The van der Waals surface area contributed by atoms with Crippen molar-refractivity contribution in [3.63, 3.8) is 0 Å². The van der Waals surface area contributed by atoms with E-state index in [1.54, 1.807) is 24.3 Å². The van der Waals surface area contributed by atoms with Gasteiger partial charge in [-0.05, 0) is 18.6 Å². The lowest BCUT2D eigenvalue weighted by atomic mass is 10.1. The quantitative estimate of drug-likeness (QED) is 0.352. The third-order valence-corrected chi connectivity index (χ3v) is 4.67. The lowest BCUT2D eigenvalue weighted by Crippen LogP contribution is -2.26. The Kier molecular flexibility index (Phi) is 7.58. The Bertz CT molecular complexity index is 489. The van der Waals surface area contributed by atoms with Gasteiger partial charge >= 0.3 is 0 Å². The summed E-state index contributed by atoms with van der Waals surface area (Å²) in [7, 11) is -3.49. The Morgan fingerprint density at radius 1 is 1.05 bits per heavy atom. The van der Waals surface area contributed by atoms with Gasteiger partial charge in [-0.1, -0.05) is 51.2 Å². The van der Waals surface area contributed by atoms with Gasteiger partial charge in [0.2, 0.25) is 10.0 Å². The number of sulfonamides is 1. The summed E-state index contributed by atoms with van der Waals surface area (Å²) in [4.78, 5) is 0.188. The lowest BCUT2D eigenvalue weighted by Gasteiger charge is -2.10. The van der Waals surface area contributed by atoms with Crippen molar-refractivity contribution in [1.82, 2.24) is 4.72 Å². The van der Waals surface area contributed by atoms with Crippen LogP contribution in [0.4, 0.5) is 5.69 Å². The molecule has 0 bridgehead atoms. The first-order valence-electron chi connectivity index (χ1n) is 7.17. The molecule has 1 aromatic carbocycles. The van der Waals surface area contributed by atoms with Crippen LogP contribution in [0.5, 0.6) is 0 Å². The van der Waals surface area contributed by atoms with Crippen molar-refractivity contribution in [3.8, 4) is 0 Å². The van der Waals surface area contributed by atoms with E-state index in [-0.39, 0.29) is 4.90 Å². The normalized spacial score (nSPS) is 11.5. The van der Waals surface area contributed by atoms with E-state index >= 15 is 0 Å². The number of rotatable bonds is 10. The van der Waals surface area contributed by atoms with Crippen molar-refractivity contribution in [2.24, 2.45) is 5.84 Å². The Labute approximate surface area is 122 Å². The smallest absolute Gasteiger partial charge is 0.242 e. The number of benzene rings is 1. The molecular formula is C14H25N3O2S. The molecule has 0 amide bonds. The highest BCUT2D eigenvalue weighted by Gasteiger charge is 2.16. The van der Waals surface area contributed by atoms with E-state index in [1.807, 2.05) is 0 Å². The molecule has 5 nitrogen and oxygen atoms in total. The fourth-order valence-electron chi connectivity index (χ4n) is 2.01. The molecule has 0 saturated heterocycles. The zero-order valence-electron chi connectivity index (χ0n) is 12.1. The maximum atomic E-state index is 12.1. The van der Waals surface area contributed by atoms with Crippen LogP contribution in [0.2, 0.25) is 0 Å². The molecule has 0 saturated carbocycles. The summed E-state index contributed by atoms with van der Waals surface area (Å²) in [5, 5.41) is 0. The van der Waals surface area contributed by atoms with Gasteiger partial charge in [0, 0.05) is 6.54 Å². The number of hydrazine groups is 1. The van der Waals surface area contributed by atoms with Crippen molar-refractivity contribution in [2.45, 2.75) is 50.3 Å². The Morgan fingerprint density at radius 3 is 2.40 bits per heavy atom. The van der Waals surface area contributed by atoms with E-state index in [4.69, 9.17) is 5.84 Å². The van der Waals surface area contributed by atoms with Crippen LogP contribution in [0.3, 0.4) is 0 Å². The fourth-order valence-corrected chi connectivity index (χ4v) is 3.25. The number of nitrogens with one attached hydrogen (secondary N) is 2. The Morgan fingerprint density at radius 2 is 1.70 bits per heavy atom. The predicted octanol–water partition coefficient (Wildman–Crippen LogP) is 2.61. The first kappa shape index (κ1) is 16.9. The summed E-state index contributed by atoms with van der Waals surface area (Å²) < 4.78 is 26.9. The first-order chi connectivity index (χ1) is 9.61. The zero-order chi connectivity index (χ0) is 14.8. The van der Waals surface area contributed by atoms with E-state index in [0.29, 0.717) is 12.2 Å². The molecule has 0 aliphatic heterocycles. The molecule has 0 aromatic heterocycles. The average Bonchev–Trinajstić information content (AvgIpc) is 2.46. The molecule has 114 valence electrons. The number of nitrogens with two attached hydrogens (primary N) is 1. The van der Waals surface area contributed by atoms with Gasteiger partial charge in [-0.2, -0.15) is 0 Å². The predicted molar refractivity (Wildman–Crippen MR) is 82.8 cm³/mol. The first-order valence-corrected chi connectivity index (χ1v) is 8.65. The van der Waals surface area contributed by atoms with Crippen molar-refractivity contribution in [1.29, 1.82) is 0 Å². The van der Waals surface area contributed by atoms with Crippen molar-refractivity contribution >= 4 is 15.7 Å². The third-order valence-electron chi connectivity index (χ3n) is 3.15. The molecule has 0 spiro atoms. The largest absolute Gasteiger partial charge is 0.323 e. The molecule has 0 fully saturated rings. The van der Waals surface area contributed by atoms with Gasteiger partial charge in [-0.25, -0.2) is 13.1 Å². The summed E-state index contributed by atoms with van der Waals surface area (Å²) >= 11 is 0. The van der Waals surface area contributed by atoms with Gasteiger partial charge in [-0.3, -0.25) is 5.84 Å². The number of hydrogen-bond acceptors (Lipinski definition) is 4. The minimum atomic E-state index is -3.49. The summed E-state index contributed by atoms with van der Waals surface area (Å²) in [5.41, 5.74) is 2.81. The number of anilines is 1. The molecule has 0 radical (unpaired) electrons. The average molecular weight is 299 g/mol. The van der Waals surface area contributed by atoms with Crippen LogP contribution in [0.25, 0.3) is 0 Å². The molecule has 4 N–H and O–H groups in total. The second-order valence-corrected chi connectivity index (χ2v) is 6.54. The second-order valence-electron chi connectivity index (χ2n) is 4.81. The fraction of sp³-hybridized carbons (Fsp3) is 0.571. The number of unbranched alkanes of at least 4 members (excludes halogenated alkanes) is 5. The molecule has 0 heterocycles. The Hall–Kier alpha value is -1.11. The van der Waals surface area contributed by atoms with Crippen LogP contribution in [-0.2, 0) is 10.0 Å². The van der Waals surface area contributed by atoms with E-state index in [2.05, 4.69) is 17.1 Å². The summed E-state index contributed by atoms with van der Waals surface area (Å²) in [6, 6.07) is 6.60. The van der Waals surface area contributed by atoms with E-state index in [9.17, 15) is 8.42 Å². The van der Waals surface area contributed by atoms with Gasteiger partial charge in [0.05, 0.1) is 5.69 Å².